The Morgan fingerprint density at radius 1 is 0.921 bits per heavy atom. The molecule has 0 bridgehead atoms. The Kier molecular flexibility index (Phi) is 11.5. The molecule has 1 unspecified atom stereocenters. The Hall–Kier alpha value is -6.81. The third-order valence-corrected chi connectivity index (χ3v) is 12.8. The molecule has 6 aromatic rings. The van der Waals surface area contributed by atoms with Gasteiger partial charge in [0.15, 0.2) is 0 Å². The normalized spacial score (nSPS) is 17.4. The molecule has 6 heterocycles. The van der Waals surface area contributed by atoms with Gasteiger partial charge in [0.25, 0.3) is 5.91 Å². The highest BCUT2D eigenvalue weighted by Crippen LogP contribution is 2.36. The van der Waals surface area contributed by atoms with E-state index in [2.05, 4.69) is 79.0 Å². The van der Waals surface area contributed by atoms with E-state index in [4.69, 9.17) is 0 Å². The number of carbonyl (C=O) groups is 4. The maximum absolute atomic E-state index is 13.4. The number of para-hydroxylation sites is 1. The minimum Gasteiger partial charge on any atom is -0.369 e. The molecule has 2 saturated heterocycles. The predicted octanol–water partition coefficient (Wildman–Crippen LogP) is 4.22. The first kappa shape index (κ1) is 41.5. The predicted molar refractivity (Wildman–Crippen MR) is 241 cm³/mol. The maximum atomic E-state index is 13.4. The van der Waals surface area contributed by atoms with E-state index < -0.39 is 11.9 Å². The number of amides is 4. The number of aromatic nitrogens is 6. The zero-order valence-corrected chi connectivity index (χ0v) is 36.0. The van der Waals surface area contributed by atoms with Crippen LogP contribution in [0.5, 0.6) is 0 Å². The van der Waals surface area contributed by atoms with Crippen molar-refractivity contribution in [2.45, 2.75) is 51.1 Å². The van der Waals surface area contributed by atoms with Gasteiger partial charge in [0, 0.05) is 96.0 Å². The summed E-state index contributed by atoms with van der Waals surface area (Å²) in [5.74, 6) is -0.745. The number of imide groups is 1. The van der Waals surface area contributed by atoms with Crippen LogP contribution in [0.2, 0.25) is 0 Å². The Morgan fingerprint density at radius 2 is 1.73 bits per heavy atom. The maximum Gasteiger partial charge on any atom is 0.329 e. The molecular weight excluding hydrogens is 799 g/mol. The number of fused-ring (bicyclic) bond motifs is 2. The van der Waals surface area contributed by atoms with Gasteiger partial charge < -0.3 is 19.7 Å². The molecule has 16 heteroatoms. The third-order valence-electron chi connectivity index (χ3n) is 12.8. The van der Waals surface area contributed by atoms with Gasteiger partial charge in [-0.1, -0.05) is 35.6 Å². The summed E-state index contributed by atoms with van der Waals surface area (Å²) in [6, 6.07) is 20.1. The quantitative estimate of drug-likeness (QED) is 0.172. The molecule has 9 rings (SSSR count). The van der Waals surface area contributed by atoms with Crippen LogP contribution in [0.1, 0.15) is 59.8 Å². The summed E-state index contributed by atoms with van der Waals surface area (Å²) in [5.41, 5.74) is 9.10. The molecule has 3 aliphatic heterocycles. The molecule has 3 aromatic carbocycles. The number of nitrogens with zero attached hydrogens (tertiary/aromatic N) is 9. The number of hydrogen-bond acceptors (Lipinski definition) is 9. The molecule has 3 aliphatic rings. The topological polar surface area (TPSA) is 167 Å². The fraction of sp³-hybridized carbons (Fsp3) is 0.383. The second-order valence-corrected chi connectivity index (χ2v) is 17.1. The van der Waals surface area contributed by atoms with Gasteiger partial charge in [-0.05, 0) is 96.5 Å². The van der Waals surface area contributed by atoms with E-state index in [1.807, 2.05) is 23.1 Å². The molecule has 4 amide bonds. The molecule has 326 valence electrons. The van der Waals surface area contributed by atoms with Crippen LogP contribution in [0.3, 0.4) is 0 Å². The fourth-order valence-corrected chi connectivity index (χ4v) is 9.43. The van der Waals surface area contributed by atoms with E-state index in [-0.39, 0.29) is 29.8 Å². The zero-order chi connectivity index (χ0) is 43.8. The van der Waals surface area contributed by atoms with Crippen LogP contribution in [0.25, 0.3) is 38.6 Å². The van der Waals surface area contributed by atoms with Gasteiger partial charge in [-0.2, -0.15) is 0 Å². The number of carbonyl (C=O) groups excluding carboxylic acids is 4. The standard InChI is InChI=1S/C47H53N11O5/c1-52(2)46(62)39-29-37-36(27-34(28-38(37)49-39)33-9-6-20-56(30-33)43(60)17-21-57-22-18-48-51-57)31-11-13-35(14-12-31)55-25-23-54(24-26-55)19-5-8-32-7-4-10-40-44(32)53(3)47(63)58(40)41-15-16-42(59)50-45(41)61/h4,7,9-14,18,22,27-29,41,49H,5-6,8,15-17,19-21,23-26,30H2,1-3H3,(H,50,59,61). The highest BCUT2D eigenvalue weighted by atomic mass is 16.2. The third kappa shape index (κ3) is 8.42. The fourth-order valence-electron chi connectivity index (χ4n) is 9.43. The monoisotopic (exact) mass is 851 g/mol. The second-order valence-electron chi connectivity index (χ2n) is 17.1. The molecular formula is C47H53N11O5. The first-order valence-corrected chi connectivity index (χ1v) is 21.8. The lowest BCUT2D eigenvalue weighted by atomic mass is 9.93. The largest absolute Gasteiger partial charge is 0.369 e. The van der Waals surface area contributed by atoms with Gasteiger partial charge in [-0.15, -0.1) is 5.10 Å². The van der Waals surface area contributed by atoms with Gasteiger partial charge >= 0.3 is 5.69 Å². The summed E-state index contributed by atoms with van der Waals surface area (Å²) in [5, 5.41) is 11.2. The molecule has 2 fully saturated rings. The lowest BCUT2D eigenvalue weighted by molar-refractivity contribution is -0.136. The lowest BCUT2D eigenvalue weighted by Crippen LogP contribution is -2.46. The Bertz CT molecular complexity index is 2790. The van der Waals surface area contributed by atoms with Crippen molar-refractivity contribution in [3.8, 4) is 11.1 Å². The van der Waals surface area contributed by atoms with E-state index in [0.717, 1.165) is 107 Å². The summed E-state index contributed by atoms with van der Waals surface area (Å²) >= 11 is 0. The summed E-state index contributed by atoms with van der Waals surface area (Å²) < 4.78 is 4.86. The van der Waals surface area contributed by atoms with E-state index >= 15 is 0 Å². The number of imidazole rings is 1. The SMILES string of the molecule is CN(C)C(=O)c1cc2c(-c3ccc(N4CCN(CCCc5cccc6c5n(C)c(=O)n6C5CCC(=O)NC5=O)CC4)cc3)cc(C3=CCCN(C(=O)CCn4ccnn4)C3)cc2[nH]1. The molecule has 1 atom stereocenters. The molecule has 0 saturated carbocycles. The van der Waals surface area contributed by atoms with Crippen LogP contribution in [-0.4, -0.2) is 127 Å². The second kappa shape index (κ2) is 17.5. The van der Waals surface area contributed by atoms with E-state index in [1.54, 1.807) is 52.3 Å². The number of aromatic amines is 1. The first-order chi connectivity index (χ1) is 30.5. The molecule has 2 N–H and O–H groups in total. The molecule has 3 aromatic heterocycles. The van der Waals surface area contributed by atoms with Crippen molar-refractivity contribution in [3.05, 3.63) is 106 Å². The number of anilines is 1. The van der Waals surface area contributed by atoms with Gasteiger partial charge in [0.05, 0.1) is 23.8 Å². The molecule has 16 nitrogen and oxygen atoms in total. The summed E-state index contributed by atoms with van der Waals surface area (Å²) in [4.78, 5) is 76.0. The minimum atomic E-state index is -0.699. The summed E-state index contributed by atoms with van der Waals surface area (Å²) in [7, 11) is 5.25. The van der Waals surface area contributed by atoms with Crippen molar-refractivity contribution in [2.75, 3.05) is 64.8 Å². The molecule has 0 radical (unpaired) electrons. The Balaban J connectivity index is 0.860. The highest BCUT2D eigenvalue weighted by molar-refractivity contribution is 6.04. The van der Waals surface area contributed by atoms with Crippen LogP contribution in [-0.2, 0) is 34.4 Å². The average molecular weight is 852 g/mol. The van der Waals surface area contributed by atoms with Crippen LogP contribution < -0.4 is 15.9 Å². The smallest absolute Gasteiger partial charge is 0.329 e. The van der Waals surface area contributed by atoms with Crippen molar-refractivity contribution in [1.82, 2.24) is 49.1 Å². The number of piperazine rings is 1. The zero-order valence-electron chi connectivity index (χ0n) is 36.0. The first-order valence-electron chi connectivity index (χ1n) is 21.8. The number of H-pyrrole nitrogens is 1. The lowest BCUT2D eigenvalue weighted by Gasteiger charge is -2.36. The van der Waals surface area contributed by atoms with Crippen LogP contribution >= 0.6 is 0 Å². The summed E-state index contributed by atoms with van der Waals surface area (Å²) in [6.45, 7) is 6.24. The number of aryl methyl sites for hydroxylation is 3. The van der Waals surface area contributed by atoms with Crippen molar-refractivity contribution in [3.63, 3.8) is 0 Å². The van der Waals surface area contributed by atoms with Gasteiger partial charge in [0.1, 0.15) is 11.7 Å². The number of nitrogens with one attached hydrogen (secondary N) is 2. The number of benzene rings is 3. The van der Waals surface area contributed by atoms with Crippen molar-refractivity contribution in [1.29, 1.82) is 0 Å². The van der Waals surface area contributed by atoms with Crippen molar-refractivity contribution < 1.29 is 19.2 Å². The van der Waals surface area contributed by atoms with E-state index in [9.17, 15) is 24.0 Å². The Morgan fingerprint density at radius 3 is 2.48 bits per heavy atom. The van der Waals surface area contributed by atoms with Crippen molar-refractivity contribution >= 4 is 56.8 Å². The van der Waals surface area contributed by atoms with Crippen LogP contribution in [0.15, 0.2) is 83.9 Å². The highest BCUT2D eigenvalue weighted by Gasteiger charge is 2.32. The number of hydrogen-bond donors (Lipinski definition) is 2. The van der Waals surface area contributed by atoms with Crippen LogP contribution in [0, 0.1) is 0 Å². The molecule has 0 spiro atoms. The Labute approximate surface area is 364 Å². The average Bonchev–Trinajstić information content (AvgIpc) is 4.04. The van der Waals surface area contributed by atoms with Crippen LogP contribution in [0.4, 0.5) is 5.69 Å². The van der Waals surface area contributed by atoms with Gasteiger partial charge in [-0.25, -0.2) is 4.79 Å². The number of rotatable bonds is 12. The van der Waals surface area contributed by atoms with Crippen molar-refractivity contribution in [2.24, 2.45) is 7.05 Å². The number of piperidine rings is 1. The van der Waals surface area contributed by atoms with E-state index in [1.165, 1.54) is 0 Å². The molecule has 0 aliphatic carbocycles. The summed E-state index contributed by atoms with van der Waals surface area (Å²) in [6.07, 6.45) is 8.95. The van der Waals surface area contributed by atoms with Gasteiger partial charge in [0.2, 0.25) is 17.7 Å². The minimum absolute atomic E-state index is 0.0796. The van der Waals surface area contributed by atoms with Gasteiger partial charge in [-0.3, -0.25) is 43.2 Å². The van der Waals surface area contributed by atoms with E-state index in [0.29, 0.717) is 38.2 Å². The molecule has 63 heavy (non-hydrogen) atoms.